The largest absolute Gasteiger partial charge is 0.497 e. The van der Waals surface area contributed by atoms with Crippen molar-refractivity contribution >= 4 is 17.9 Å². The molecule has 0 radical (unpaired) electrons. The highest BCUT2D eigenvalue weighted by molar-refractivity contribution is 6.13. The van der Waals surface area contributed by atoms with Crippen LogP contribution in [0.3, 0.4) is 0 Å². The summed E-state index contributed by atoms with van der Waals surface area (Å²) in [7, 11) is 4.76. The van der Waals surface area contributed by atoms with E-state index in [2.05, 4.69) is 0 Å². The quantitative estimate of drug-likeness (QED) is 0.465. The van der Waals surface area contributed by atoms with Crippen molar-refractivity contribution in [1.29, 1.82) is 0 Å². The van der Waals surface area contributed by atoms with Gasteiger partial charge in [0.25, 0.3) is 0 Å². The summed E-state index contributed by atoms with van der Waals surface area (Å²) in [6, 6.07) is 12.9. The monoisotopic (exact) mass is 298 g/mol. The summed E-state index contributed by atoms with van der Waals surface area (Å²) >= 11 is 0. The Morgan fingerprint density at radius 2 is 1.55 bits per heavy atom. The summed E-state index contributed by atoms with van der Waals surface area (Å²) in [5.41, 5.74) is 2.24. The third-order valence-electron chi connectivity index (χ3n) is 3.28. The molecule has 0 bridgehead atoms. The molecule has 2 rings (SSSR count). The van der Waals surface area contributed by atoms with Crippen LogP contribution in [0.2, 0.25) is 0 Å². The van der Waals surface area contributed by atoms with Crippen LogP contribution in [0.5, 0.6) is 17.2 Å². The number of methoxy groups -OCH3 is 3. The third-order valence-corrected chi connectivity index (χ3v) is 3.28. The van der Waals surface area contributed by atoms with Crippen LogP contribution in [-0.2, 0) is 4.79 Å². The Hall–Kier alpha value is -2.75. The van der Waals surface area contributed by atoms with Gasteiger partial charge in [0.2, 0.25) is 0 Å². The van der Waals surface area contributed by atoms with Gasteiger partial charge in [-0.3, -0.25) is 4.79 Å². The number of aldehydes is 1. The average Bonchev–Trinajstić information content (AvgIpc) is 2.59. The Morgan fingerprint density at radius 1 is 0.864 bits per heavy atom. The molecule has 0 amide bonds. The first-order valence-electron chi connectivity index (χ1n) is 6.75. The number of hydrogen-bond donors (Lipinski definition) is 0. The molecular weight excluding hydrogens is 280 g/mol. The first-order valence-corrected chi connectivity index (χ1v) is 6.75. The van der Waals surface area contributed by atoms with Crippen LogP contribution in [0.4, 0.5) is 0 Å². The fraction of sp³-hybridized carbons (Fsp3) is 0.167. The minimum Gasteiger partial charge on any atom is -0.497 e. The average molecular weight is 298 g/mol. The number of carbonyl (C=O) groups excluding carboxylic acids is 1. The molecule has 0 fully saturated rings. The Morgan fingerprint density at radius 3 is 2.09 bits per heavy atom. The number of carbonyl (C=O) groups is 1. The summed E-state index contributed by atoms with van der Waals surface area (Å²) < 4.78 is 15.6. The summed E-state index contributed by atoms with van der Waals surface area (Å²) in [4.78, 5) is 11.4. The van der Waals surface area contributed by atoms with Crippen LogP contribution in [0.1, 0.15) is 11.1 Å². The van der Waals surface area contributed by atoms with Crippen molar-refractivity contribution < 1.29 is 19.0 Å². The summed E-state index contributed by atoms with van der Waals surface area (Å²) in [6.07, 6.45) is 2.64. The summed E-state index contributed by atoms with van der Waals surface area (Å²) in [5, 5.41) is 0. The van der Waals surface area contributed by atoms with Gasteiger partial charge in [-0.1, -0.05) is 18.2 Å². The Kier molecular flexibility index (Phi) is 5.20. The second-order valence-electron chi connectivity index (χ2n) is 4.56. The lowest BCUT2D eigenvalue weighted by atomic mass is 10.0. The predicted octanol–water partition coefficient (Wildman–Crippen LogP) is 3.45. The minimum absolute atomic E-state index is 0.561. The van der Waals surface area contributed by atoms with E-state index in [-0.39, 0.29) is 0 Å². The second kappa shape index (κ2) is 7.31. The van der Waals surface area contributed by atoms with Crippen molar-refractivity contribution in [3.63, 3.8) is 0 Å². The molecule has 0 saturated carbocycles. The van der Waals surface area contributed by atoms with E-state index in [0.29, 0.717) is 17.1 Å². The topological polar surface area (TPSA) is 44.8 Å². The number of allylic oxidation sites excluding steroid dienone is 1. The van der Waals surface area contributed by atoms with Crippen LogP contribution in [0.15, 0.2) is 42.5 Å². The van der Waals surface area contributed by atoms with E-state index in [1.54, 1.807) is 33.5 Å². The molecule has 114 valence electrons. The van der Waals surface area contributed by atoms with E-state index in [4.69, 9.17) is 14.2 Å². The van der Waals surface area contributed by atoms with Crippen molar-refractivity contribution in [2.24, 2.45) is 0 Å². The fourth-order valence-corrected chi connectivity index (χ4v) is 2.08. The molecule has 0 unspecified atom stereocenters. The van der Waals surface area contributed by atoms with E-state index in [1.165, 1.54) is 0 Å². The Labute approximate surface area is 129 Å². The molecule has 4 nitrogen and oxygen atoms in total. The zero-order valence-corrected chi connectivity index (χ0v) is 12.8. The van der Waals surface area contributed by atoms with Gasteiger partial charge < -0.3 is 14.2 Å². The van der Waals surface area contributed by atoms with Gasteiger partial charge in [0.15, 0.2) is 17.8 Å². The van der Waals surface area contributed by atoms with Crippen LogP contribution in [-0.4, -0.2) is 27.6 Å². The lowest BCUT2D eigenvalue weighted by molar-refractivity contribution is -0.103. The van der Waals surface area contributed by atoms with Crippen molar-refractivity contribution in [1.82, 2.24) is 0 Å². The number of ether oxygens (including phenoxy) is 3. The normalized spacial score (nSPS) is 11.0. The van der Waals surface area contributed by atoms with E-state index in [9.17, 15) is 4.79 Å². The third kappa shape index (κ3) is 3.47. The van der Waals surface area contributed by atoms with Gasteiger partial charge in [-0.25, -0.2) is 0 Å². The van der Waals surface area contributed by atoms with Crippen molar-refractivity contribution in [2.45, 2.75) is 0 Å². The van der Waals surface area contributed by atoms with Crippen molar-refractivity contribution in [3.8, 4) is 17.2 Å². The maximum absolute atomic E-state index is 11.4. The first-order chi connectivity index (χ1) is 10.7. The van der Waals surface area contributed by atoms with Crippen LogP contribution < -0.4 is 14.2 Å². The number of hydrogen-bond acceptors (Lipinski definition) is 4. The molecule has 0 spiro atoms. The first kappa shape index (κ1) is 15.6. The van der Waals surface area contributed by atoms with E-state index in [0.717, 1.165) is 23.2 Å². The minimum atomic E-state index is 0.561. The molecule has 0 saturated heterocycles. The summed E-state index contributed by atoms with van der Waals surface area (Å²) in [5.74, 6) is 1.99. The maximum Gasteiger partial charge on any atom is 0.161 e. The molecule has 2 aromatic rings. The Bertz CT molecular complexity index is 672. The van der Waals surface area contributed by atoms with E-state index in [1.807, 2.05) is 36.4 Å². The van der Waals surface area contributed by atoms with Crippen molar-refractivity contribution in [2.75, 3.05) is 21.3 Å². The molecule has 0 aliphatic heterocycles. The van der Waals surface area contributed by atoms with Crippen LogP contribution >= 0.6 is 0 Å². The lowest BCUT2D eigenvalue weighted by Crippen LogP contribution is -1.93. The molecule has 0 atom stereocenters. The lowest BCUT2D eigenvalue weighted by Gasteiger charge is -2.09. The van der Waals surface area contributed by atoms with Gasteiger partial charge in [-0.15, -0.1) is 0 Å². The molecule has 0 N–H and O–H groups in total. The van der Waals surface area contributed by atoms with Gasteiger partial charge in [-0.2, -0.15) is 0 Å². The predicted molar refractivity (Wildman–Crippen MR) is 86.5 cm³/mol. The van der Waals surface area contributed by atoms with Gasteiger partial charge in [0, 0.05) is 5.57 Å². The maximum atomic E-state index is 11.4. The van der Waals surface area contributed by atoms with E-state index < -0.39 is 0 Å². The molecule has 4 heteroatoms. The molecule has 0 heterocycles. The van der Waals surface area contributed by atoms with Gasteiger partial charge in [-0.05, 0) is 41.5 Å². The van der Waals surface area contributed by atoms with Crippen LogP contribution in [0, 0.1) is 0 Å². The SMILES string of the molecule is COc1ccc(/C=C(/C=O)c2ccc(OC)c(OC)c2)cc1. The van der Waals surface area contributed by atoms with Gasteiger partial charge in [0.1, 0.15) is 5.75 Å². The number of benzene rings is 2. The molecule has 0 aliphatic carbocycles. The fourth-order valence-electron chi connectivity index (χ4n) is 2.08. The standard InChI is InChI=1S/C18H18O4/c1-20-16-7-4-13(5-8-16)10-15(12-19)14-6-9-17(21-2)18(11-14)22-3/h4-12H,1-3H3/b15-10-. The van der Waals surface area contributed by atoms with Crippen LogP contribution in [0.25, 0.3) is 11.6 Å². The molecule has 2 aromatic carbocycles. The van der Waals surface area contributed by atoms with Gasteiger partial charge in [0.05, 0.1) is 21.3 Å². The highest BCUT2D eigenvalue weighted by Gasteiger charge is 2.08. The summed E-state index contributed by atoms with van der Waals surface area (Å²) in [6.45, 7) is 0. The zero-order valence-electron chi connectivity index (χ0n) is 12.8. The zero-order chi connectivity index (χ0) is 15.9. The second-order valence-corrected chi connectivity index (χ2v) is 4.56. The van der Waals surface area contributed by atoms with Crippen molar-refractivity contribution in [3.05, 3.63) is 53.6 Å². The molecule has 0 aromatic heterocycles. The molecular formula is C18H18O4. The molecule has 0 aliphatic rings. The van der Waals surface area contributed by atoms with E-state index >= 15 is 0 Å². The number of rotatable bonds is 6. The highest BCUT2D eigenvalue weighted by Crippen LogP contribution is 2.30. The smallest absolute Gasteiger partial charge is 0.161 e. The van der Waals surface area contributed by atoms with Gasteiger partial charge >= 0.3 is 0 Å². The Balaban J connectivity index is 2.38. The highest BCUT2D eigenvalue weighted by atomic mass is 16.5. The molecule has 22 heavy (non-hydrogen) atoms.